The Hall–Kier alpha value is -1.45. The maximum Gasteiger partial charge on any atom is 0.242 e. The zero-order valence-electron chi connectivity index (χ0n) is 10.6. The third kappa shape index (κ3) is 3.11. The summed E-state index contributed by atoms with van der Waals surface area (Å²) in [6.45, 7) is 2.30. The van der Waals surface area contributed by atoms with Gasteiger partial charge in [0.2, 0.25) is 10.0 Å². The summed E-state index contributed by atoms with van der Waals surface area (Å²) >= 11 is 0. The molecule has 102 valence electrons. The topological polar surface area (TPSA) is 70.0 Å². The van der Waals surface area contributed by atoms with Gasteiger partial charge in [0.1, 0.15) is 22.3 Å². The fourth-order valence-electron chi connectivity index (χ4n) is 1.99. The molecular formula is C13H15FN2O2S. The Labute approximate surface area is 112 Å². The molecule has 1 unspecified atom stereocenters. The summed E-state index contributed by atoms with van der Waals surface area (Å²) in [6.07, 6.45) is 2.26. The van der Waals surface area contributed by atoms with E-state index in [2.05, 4.69) is 4.72 Å². The molecule has 0 bridgehead atoms. The van der Waals surface area contributed by atoms with Gasteiger partial charge in [-0.2, -0.15) is 5.26 Å². The van der Waals surface area contributed by atoms with E-state index in [1.54, 1.807) is 6.07 Å². The second kappa shape index (κ2) is 5.27. The third-order valence-electron chi connectivity index (χ3n) is 3.40. The highest BCUT2D eigenvalue weighted by Crippen LogP contribution is 2.36. The number of hydrogen-bond donors (Lipinski definition) is 1. The van der Waals surface area contributed by atoms with Crippen molar-refractivity contribution >= 4 is 10.0 Å². The molecule has 1 fully saturated rings. The van der Waals surface area contributed by atoms with E-state index in [1.807, 2.05) is 6.92 Å². The quantitative estimate of drug-likeness (QED) is 0.898. The van der Waals surface area contributed by atoms with Crippen LogP contribution in [-0.4, -0.2) is 15.0 Å². The lowest BCUT2D eigenvalue weighted by Crippen LogP contribution is -2.29. The zero-order chi connectivity index (χ0) is 14.0. The highest BCUT2D eigenvalue weighted by molar-refractivity contribution is 7.89. The monoisotopic (exact) mass is 282 g/mol. The van der Waals surface area contributed by atoms with E-state index in [1.165, 1.54) is 12.1 Å². The van der Waals surface area contributed by atoms with E-state index in [-0.39, 0.29) is 10.8 Å². The van der Waals surface area contributed by atoms with Crippen LogP contribution in [0, 0.1) is 29.0 Å². The van der Waals surface area contributed by atoms with Gasteiger partial charge in [-0.15, -0.1) is 0 Å². The Morgan fingerprint density at radius 3 is 2.79 bits per heavy atom. The van der Waals surface area contributed by atoms with Crippen LogP contribution in [-0.2, 0) is 10.0 Å². The Morgan fingerprint density at radius 1 is 1.53 bits per heavy atom. The van der Waals surface area contributed by atoms with Gasteiger partial charge in [0.05, 0.1) is 0 Å². The largest absolute Gasteiger partial charge is 0.242 e. The standard InChI is InChI=1S/C13H15FN2O2S/c1-9(10-5-6-10)8-16-19(17,18)13-4-2-3-12(14)11(13)7-15/h2-4,9-10,16H,5-6,8H2,1H3. The van der Waals surface area contributed by atoms with Gasteiger partial charge in [-0.05, 0) is 36.8 Å². The lowest BCUT2D eigenvalue weighted by molar-refractivity contribution is 0.491. The SMILES string of the molecule is CC(CNS(=O)(=O)c1cccc(F)c1C#N)C1CC1. The van der Waals surface area contributed by atoms with Gasteiger partial charge < -0.3 is 0 Å². The van der Waals surface area contributed by atoms with Crippen molar-refractivity contribution in [3.05, 3.63) is 29.6 Å². The van der Waals surface area contributed by atoms with Crippen molar-refractivity contribution in [1.29, 1.82) is 5.26 Å². The Balaban J connectivity index is 2.19. The molecule has 1 aromatic rings. The van der Waals surface area contributed by atoms with E-state index in [0.29, 0.717) is 12.5 Å². The minimum atomic E-state index is -3.84. The fourth-order valence-corrected chi connectivity index (χ4v) is 3.30. The molecule has 4 nitrogen and oxygen atoms in total. The van der Waals surface area contributed by atoms with Gasteiger partial charge in [0.25, 0.3) is 0 Å². The Bertz CT molecular complexity index is 618. The van der Waals surface area contributed by atoms with Crippen LogP contribution in [0.1, 0.15) is 25.3 Å². The molecule has 1 N–H and O–H groups in total. The molecule has 1 aliphatic rings. The number of nitrogens with one attached hydrogen (secondary N) is 1. The van der Waals surface area contributed by atoms with Crippen LogP contribution < -0.4 is 4.72 Å². The van der Waals surface area contributed by atoms with Crippen LogP contribution in [0.4, 0.5) is 4.39 Å². The van der Waals surface area contributed by atoms with Gasteiger partial charge in [0.15, 0.2) is 0 Å². The van der Waals surface area contributed by atoms with Crippen molar-refractivity contribution in [1.82, 2.24) is 4.72 Å². The van der Waals surface area contributed by atoms with Crippen LogP contribution in [0.3, 0.4) is 0 Å². The average Bonchev–Trinajstić information content (AvgIpc) is 3.20. The highest BCUT2D eigenvalue weighted by atomic mass is 32.2. The molecule has 2 rings (SSSR count). The number of halogens is 1. The van der Waals surface area contributed by atoms with E-state index in [4.69, 9.17) is 5.26 Å². The van der Waals surface area contributed by atoms with Crippen molar-refractivity contribution in [3.8, 4) is 6.07 Å². The fraction of sp³-hybridized carbons (Fsp3) is 0.462. The van der Waals surface area contributed by atoms with E-state index >= 15 is 0 Å². The van der Waals surface area contributed by atoms with E-state index < -0.39 is 21.4 Å². The molecule has 1 atom stereocenters. The molecule has 19 heavy (non-hydrogen) atoms. The van der Waals surface area contributed by atoms with E-state index in [9.17, 15) is 12.8 Å². The van der Waals surface area contributed by atoms with Crippen LogP contribution in [0.2, 0.25) is 0 Å². The number of sulfonamides is 1. The van der Waals surface area contributed by atoms with Crippen molar-refractivity contribution in [2.45, 2.75) is 24.7 Å². The first kappa shape index (κ1) is 14.0. The van der Waals surface area contributed by atoms with Gasteiger partial charge in [-0.25, -0.2) is 17.5 Å². The molecule has 6 heteroatoms. The summed E-state index contributed by atoms with van der Waals surface area (Å²) in [5, 5.41) is 8.86. The summed E-state index contributed by atoms with van der Waals surface area (Å²) in [7, 11) is -3.84. The highest BCUT2D eigenvalue weighted by Gasteiger charge is 2.29. The normalized spacial score (nSPS) is 16.9. The van der Waals surface area contributed by atoms with Crippen LogP contribution >= 0.6 is 0 Å². The second-order valence-electron chi connectivity index (χ2n) is 4.89. The molecule has 0 amide bonds. The summed E-state index contributed by atoms with van der Waals surface area (Å²) in [6, 6.07) is 5.20. The second-order valence-corrected chi connectivity index (χ2v) is 6.63. The van der Waals surface area contributed by atoms with Crippen molar-refractivity contribution in [2.24, 2.45) is 11.8 Å². The van der Waals surface area contributed by atoms with Gasteiger partial charge in [0, 0.05) is 6.54 Å². The zero-order valence-corrected chi connectivity index (χ0v) is 11.4. The molecular weight excluding hydrogens is 267 g/mol. The molecule has 1 aromatic carbocycles. The smallest absolute Gasteiger partial charge is 0.211 e. The Morgan fingerprint density at radius 2 is 2.21 bits per heavy atom. The van der Waals surface area contributed by atoms with Gasteiger partial charge >= 0.3 is 0 Å². The predicted octanol–water partition coefficient (Wildman–Crippen LogP) is 2.02. The summed E-state index contributed by atoms with van der Waals surface area (Å²) in [5.74, 6) is 0.0140. The minimum absolute atomic E-state index is 0.258. The molecule has 0 aromatic heterocycles. The molecule has 0 heterocycles. The Kier molecular flexibility index (Phi) is 3.88. The number of nitrogens with zero attached hydrogens (tertiary/aromatic N) is 1. The van der Waals surface area contributed by atoms with E-state index in [0.717, 1.165) is 18.9 Å². The number of rotatable bonds is 5. The first-order chi connectivity index (χ1) is 8.95. The summed E-state index contributed by atoms with van der Waals surface area (Å²) < 4.78 is 40.0. The summed E-state index contributed by atoms with van der Waals surface area (Å²) in [4.78, 5) is -0.294. The maximum absolute atomic E-state index is 13.4. The first-order valence-electron chi connectivity index (χ1n) is 6.14. The number of hydrogen-bond acceptors (Lipinski definition) is 3. The van der Waals surface area contributed by atoms with Gasteiger partial charge in [-0.1, -0.05) is 13.0 Å². The molecule has 0 spiro atoms. The van der Waals surface area contributed by atoms with Crippen molar-refractivity contribution in [2.75, 3.05) is 6.54 Å². The molecule has 0 aliphatic heterocycles. The average molecular weight is 282 g/mol. The number of nitriles is 1. The minimum Gasteiger partial charge on any atom is -0.211 e. The molecule has 0 radical (unpaired) electrons. The van der Waals surface area contributed by atoms with Gasteiger partial charge in [-0.3, -0.25) is 0 Å². The van der Waals surface area contributed by atoms with Crippen molar-refractivity contribution in [3.63, 3.8) is 0 Å². The lowest BCUT2D eigenvalue weighted by Gasteiger charge is -2.12. The predicted molar refractivity (Wildman–Crippen MR) is 68.2 cm³/mol. The van der Waals surface area contributed by atoms with Crippen molar-refractivity contribution < 1.29 is 12.8 Å². The van der Waals surface area contributed by atoms with Crippen LogP contribution in [0.5, 0.6) is 0 Å². The summed E-state index contributed by atoms with van der Waals surface area (Å²) in [5.41, 5.74) is -0.436. The molecule has 1 aliphatic carbocycles. The maximum atomic E-state index is 13.4. The molecule has 0 saturated heterocycles. The molecule has 1 saturated carbocycles. The number of benzene rings is 1. The lowest BCUT2D eigenvalue weighted by atomic mass is 10.1. The first-order valence-corrected chi connectivity index (χ1v) is 7.62. The van der Waals surface area contributed by atoms with Crippen LogP contribution in [0.15, 0.2) is 23.1 Å². The third-order valence-corrected chi connectivity index (χ3v) is 4.86. The van der Waals surface area contributed by atoms with Crippen LogP contribution in [0.25, 0.3) is 0 Å².